The molecule has 0 radical (unpaired) electrons. The normalized spacial score (nSPS) is 16.2. The molecular formula is C4H6Cl5O2P. The zero-order valence-corrected chi connectivity index (χ0v) is 10.4. The van der Waals surface area contributed by atoms with Crippen molar-refractivity contribution in [2.24, 2.45) is 0 Å². The third-order valence-electron chi connectivity index (χ3n) is 1.14. The predicted molar refractivity (Wildman–Crippen MR) is 55.3 cm³/mol. The van der Waals surface area contributed by atoms with Crippen molar-refractivity contribution in [2.75, 3.05) is 11.2 Å². The van der Waals surface area contributed by atoms with E-state index in [1.807, 2.05) is 0 Å². The predicted octanol–water partition coefficient (Wildman–Crippen LogP) is 3.43. The SMILES string of the molecule is O=P(CCl)(CCl)[C@H](O)C(Cl)(Cl)Cl. The average molecular weight is 294 g/mol. The summed E-state index contributed by atoms with van der Waals surface area (Å²) in [4.78, 5) is 0. The highest BCUT2D eigenvalue weighted by Crippen LogP contribution is 2.58. The maximum atomic E-state index is 11.5. The Hall–Kier alpha value is 1.64. The lowest BCUT2D eigenvalue weighted by Crippen LogP contribution is -2.26. The van der Waals surface area contributed by atoms with E-state index < -0.39 is 16.8 Å². The van der Waals surface area contributed by atoms with Crippen LogP contribution in [-0.4, -0.2) is 26.0 Å². The number of aliphatic hydroxyl groups excluding tert-OH is 1. The summed E-state index contributed by atoms with van der Waals surface area (Å²) in [5.74, 6) is -1.62. The van der Waals surface area contributed by atoms with E-state index in [4.69, 9.17) is 58.0 Å². The first-order valence-electron chi connectivity index (χ1n) is 2.72. The first kappa shape index (κ1) is 13.6. The van der Waals surface area contributed by atoms with Gasteiger partial charge in [-0.05, 0) is 0 Å². The van der Waals surface area contributed by atoms with Crippen LogP contribution in [0.2, 0.25) is 0 Å². The Morgan fingerprint density at radius 1 is 1.25 bits per heavy atom. The van der Waals surface area contributed by atoms with Crippen LogP contribution in [0.4, 0.5) is 0 Å². The number of hydrogen-bond acceptors (Lipinski definition) is 2. The molecule has 0 aliphatic carbocycles. The first-order chi connectivity index (χ1) is 5.28. The van der Waals surface area contributed by atoms with E-state index in [-0.39, 0.29) is 11.2 Å². The summed E-state index contributed by atoms with van der Waals surface area (Å²) in [5, 5.41) is 9.28. The molecule has 0 aromatic rings. The molecule has 0 aliphatic rings. The first-order valence-corrected chi connectivity index (χ1v) is 7.07. The zero-order valence-electron chi connectivity index (χ0n) is 5.68. The molecule has 0 heterocycles. The van der Waals surface area contributed by atoms with Crippen LogP contribution in [0.3, 0.4) is 0 Å². The highest BCUT2D eigenvalue weighted by atomic mass is 35.6. The monoisotopic (exact) mass is 292 g/mol. The molecule has 0 amide bonds. The molecule has 0 aromatic carbocycles. The lowest BCUT2D eigenvalue weighted by molar-refractivity contribution is 0.252. The Morgan fingerprint density at radius 3 is 1.67 bits per heavy atom. The topological polar surface area (TPSA) is 37.3 Å². The Balaban J connectivity index is 4.66. The molecule has 0 saturated carbocycles. The minimum absolute atomic E-state index is 0.314. The van der Waals surface area contributed by atoms with Gasteiger partial charge in [0.25, 0.3) is 0 Å². The van der Waals surface area contributed by atoms with Crippen molar-refractivity contribution in [3.05, 3.63) is 0 Å². The maximum Gasteiger partial charge on any atom is 0.223 e. The molecule has 0 bridgehead atoms. The van der Waals surface area contributed by atoms with Gasteiger partial charge in [-0.1, -0.05) is 34.8 Å². The van der Waals surface area contributed by atoms with Crippen LogP contribution in [-0.2, 0) is 4.57 Å². The van der Waals surface area contributed by atoms with Crippen molar-refractivity contribution < 1.29 is 9.67 Å². The minimum Gasteiger partial charge on any atom is -0.381 e. The van der Waals surface area contributed by atoms with Gasteiger partial charge in [-0.25, -0.2) is 0 Å². The number of aliphatic hydroxyl groups is 1. The Bertz CT molecular complexity index is 182. The van der Waals surface area contributed by atoms with Crippen LogP contribution in [0.5, 0.6) is 0 Å². The molecule has 0 fully saturated rings. The molecule has 8 heteroatoms. The van der Waals surface area contributed by atoms with Gasteiger partial charge < -0.3 is 9.67 Å². The second-order valence-corrected chi connectivity index (χ2v) is 8.78. The fourth-order valence-electron chi connectivity index (χ4n) is 0.429. The molecule has 0 unspecified atom stereocenters. The summed E-state index contributed by atoms with van der Waals surface area (Å²) in [6.07, 6.45) is 0. The number of hydrogen-bond donors (Lipinski definition) is 1. The summed E-state index contributed by atoms with van der Waals surface area (Å²) in [6, 6.07) is 0. The van der Waals surface area contributed by atoms with Gasteiger partial charge in [-0.15, -0.1) is 23.2 Å². The standard InChI is InChI=1S/C4H6Cl5O2P/c5-1-12(11,2-6)3(10)4(7,8)9/h3,10H,1-2H2/t3-/m0/s1. The highest BCUT2D eigenvalue weighted by molar-refractivity contribution is 7.67. The molecule has 0 rings (SSSR count). The van der Waals surface area contributed by atoms with E-state index in [1.54, 1.807) is 0 Å². The Morgan fingerprint density at radius 2 is 1.58 bits per heavy atom. The molecule has 0 aromatic heterocycles. The van der Waals surface area contributed by atoms with E-state index in [0.29, 0.717) is 0 Å². The third-order valence-corrected chi connectivity index (χ3v) is 6.74. The van der Waals surface area contributed by atoms with Crippen molar-refractivity contribution >= 4 is 65.1 Å². The van der Waals surface area contributed by atoms with Gasteiger partial charge in [0.2, 0.25) is 3.79 Å². The van der Waals surface area contributed by atoms with Gasteiger partial charge in [-0.2, -0.15) is 0 Å². The fourth-order valence-corrected chi connectivity index (χ4v) is 4.44. The van der Waals surface area contributed by atoms with Crippen molar-refractivity contribution in [3.8, 4) is 0 Å². The Kier molecular flexibility index (Phi) is 5.60. The summed E-state index contributed by atoms with van der Waals surface area (Å²) in [5.41, 5.74) is -0.628. The van der Waals surface area contributed by atoms with Gasteiger partial charge in [0.15, 0.2) is 5.85 Å². The van der Waals surface area contributed by atoms with Crippen LogP contribution in [0, 0.1) is 0 Å². The largest absolute Gasteiger partial charge is 0.381 e. The van der Waals surface area contributed by atoms with E-state index in [2.05, 4.69) is 0 Å². The summed E-state index contributed by atoms with van der Waals surface area (Å²) >= 11 is 26.6. The van der Waals surface area contributed by atoms with E-state index in [9.17, 15) is 9.67 Å². The van der Waals surface area contributed by atoms with E-state index >= 15 is 0 Å². The average Bonchev–Trinajstić information content (AvgIpc) is 2.00. The van der Waals surface area contributed by atoms with Crippen molar-refractivity contribution in [2.45, 2.75) is 9.64 Å². The van der Waals surface area contributed by atoms with Crippen LogP contribution in [0.15, 0.2) is 0 Å². The summed E-state index contributed by atoms with van der Waals surface area (Å²) in [6.45, 7) is 0. The molecule has 0 saturated heterocycles. The molecule has 74 valence electrons. The van der Waals surface area contributed by atoms with E-state index in [1.165, 1.54) is 0 Å². The second kappa shape index (κ2) is 4.93. The quantitative estimate of drug-likeness (QED) is 0.639. The molecule has 0 aliphatic heterocycles. The van der Waals surface area contributed by atoms with Crippen LogP contribution in [0.1, 0.15) is 0 Å². The van der Waals surface area contributed by atoms with E-state index in [0.717, 1.165) is 0 Å². The highest BCUT2D eigenvalue weighted by Gasteiger charge is 2.43. The lowest BCUT2D eigenvalue weighted by atomic mass is 10.8. The number of halogens is 5. The van der Waals surface area contributed by atoms with Crippen molar-refractivity contribution in [3.63, 3.8) is 0 Å². The van der Waals surface area contributed by atoms with Gasteiger partial charge in [0.1, 0.15) is 7.14 Å². The molecule has 12 heavy (non-hydrogen) atoms. The molecule has 2 nitrogen and oxygen atoms in total. The molecule has 1 N–H and O–H groups in total. The Labute approximate surface area is 95.4 Å². The molecule has 1 atom stereocenters. The van der Waals surface area contributed by atoms with Gasteiger partial charge in [0, 0.05) is 0 Å². The zero-order chi connectivity index (χ0) is 9.99. The van der Waals surface area contributed by atoms with Crippen molar-refractivity contribution in [1.29, 1.82) is 0 Å². The fraction of sp³-hybridized carbons (Fsp3) is 1.00. The number of alkyl halides is 5. The van der Waals surface area contributed by atoms with Crippen molar-refractivity contribution in [1.82, 2.24) is 0 Å². The maximum absolute atomic E-state index is 11.5. The second-order valence-electron chi connectivity index (χ2n) is 2.11. The van der Waals surface area contributed by atoms with Crippen LogP contribution >= 0.6 is 65.1 Å². The summed E-state index contributed by atoms with van der Waals surface area (Å²) in [7, 11) is -3.20. The number of rotatable bonds is 3. The lowest BCUT2D eigenvalue weighted by Gasteiger charge is -2.25. The van der Waals surface area contributed by atoms with Crippen LogP contribution in [0.25, 0.3) is 0 Å². The third kappa shape index (κ3) is 3.42. The molecule has 0 spiro atoms. The minimum atomic E-state index is -3.20. The van der Waals surface area contributed by atoms with Crippen LogP contribution < -0.4 is 0 Å². The van der Waals surface area contributed by atoms with Gasteiger partial charge in [-0.3, -0.25) is 0 Å². The smallest absolute Gasteiger partial charge is 0.223 e. The van der Waals surface area contributed by atoms with Gasteiger partial charge >= 0.3 is 0 Å². The summed E-state index contributed by atoms with van der Waals surface area (Å²) < 4.78 is 9.52. The molecular weight excluding hydrogens is 288 g/mol. The van der Waals surface area contributed by atoms with Gasteiger partial charge in [0.05, 0.1) is 11.2 Å².